The molecule has 0 unspecified atom stereocenters. The molecule has 0 aliphatic heterocycles. The largest absolute Gasteiger partial charge is 0.481 e. The smallest absolute Gasteiger partial charge is 0.306 e. The quantitative estimate of drug-likeness (QED) is 0.296. The molecule has 5 heteroatoms. The van der Waals surface area contributed by atoms with Crippen molar-refractivity contribution in [2.45, 2.75) is 96.0 Å². The highest BCUT2D eigenvalue weighted by Gasteiger charge is 2.42. The fourth-order valence-electron chi connectivity index (χ4n) is 3.39. The number of ketones is 1. The van der Waals surface area contributed by atoms with Gasteiger partial charge in [0.15, 0.2) is 11.4 Å². The number of quaternary nitrogens is 1. The van der Waals surface area contributed by atoms with Crippen LogP contribution in [0.1, 0.15) is 91.7 Å². The van der Waals surface area contributed by atoms with Crippen molar-refractivity contribution in [3.05, 3.63) is 0 Å². The summed E-state index contributed by atoms with van der Waals surface area (Å²) in [6.07, 6.45) is 12.1. The Bertz CT molecular complexity index is 423. The number of Topliss-reactive ketones (excluding diaryl/α,β-unsaturated/α-hetero) is 1. The first-order valence-corrected chi connectivity index (χ1v) is 10.2. The molecule has 0 amide bonds. The lowest BCUT2D eigenvalue weighted by molar-refractivity contribution is -0.875. The van der Waals surface area contributed by atoms with Crippen LogP contribution in [0.25, 0.3) is 0 Å². The number of rotatable bonds is 17. The minimum atomic E-state index is -1.77. The van der Waals surface area contributed by atoms with Crippen LogP contribution in [-0.2, 0) is 9.59 Å². The Morgan fingerprint density at radius 2 is 1.35 bits per heavy atom. The van der Waals surface area contributed by atoms with E-state index in [-0.39, 0.29) is 18.7 Å². The van der Waals surface area contributed by atoms with E-state index in [1.54, 1.807) is 0 Å². The van der Waals surface area contributed by atoms with Gasteiger partial charge in [-0.05, 0) is 6.42 Å². The first-order valence-electron chi connectivity index (χ1n) is 10.9. The molecule has 26 heavy (non-hydrogen) atoms. The Morgan fingerprint density at radius 1 is 0.885 bits per heavy atom. The molecule has 0 rings (SSSR count). The molecule has 5 nitrogen and oxygen atoms in total. The van der Waals surface area contributed by atoms with Gasteiger partial charge in [0.05, 0.1) is 27.6 Å². The Labute approximate surface area is 161 Å². The van der Waals surface area contributed by atoms with E-state index in [1.165, 1.54) is 44.9 Å². The van der Waals surface area contributed by atoms with Gasteiger partial charge in [0.2, 0.25) is 0 Å². The van der Waals surface area contributed by atoms with E-state index in [2.05, 4.69) is 0 Å². The SMILES string of the molecule is [2H]CCCCCCCCCCCCCC(=O)[C@@](O)(CC(=O)O)C[N+](C)(C)C. The minimum Gasteiger partial charge on any atom is -0.481 e. The molecule has 0 spiro atoms. The van der Waals surface area contributed by atoms with E-state index in [4.69, 9.17) is 6.48 Å². The summed E-state index contributed by atoms with van der Waals surface area (Å²) in [4.78, 5) is 23.5. The minimum absolute atomic E-state index is 0.111. The molecule has 0 saturated heterocycles. The fourth-order valence-corrected chi connectivity index (χ4v) is 3.39. The molecule has 0 aromatic rings. The van der Waals surface area contributed by atoms with E-state index in [0.717, 1.165) is 19.3 Å². The van der Waals surface area contributed by atoms with Crippen LogP contribution in [-0.4, -0.2) is 59.7 Å². The van der Waals surface area contributed by atoms with Gasteiger partial charge in [0.1, 0.15) is 6.54 Å². The normalized spacial score (nSPS) is 14.7. The number of unbranched alkanes of at least 4 members (excludes halogenated alkanes) is 10. The molecular formula is C21H42NO4+. The highest BCUT2D eigenvalue weighted by Crippen LogP contribution is 2.20. The molecule has 0 fully saturated rings. The number of aliphatic hydroxyl groups is 1. The molecule has 154 valence electrons. The number of nitrogens with zero attached hydrogens (tertiary/aromatic N) is 1. The average molecular weight is 374 g/mol. The number of carboxylic acids is 1. The molecule has 1 atom stereocenters. The van der Waals surface area contributed by atoms with Crippen LogP contribution < -0.4 is 0 Å². The molecular weight excluding hydrogens is 330 g/mol. The van der Waals surface area contributed by atoms with Crippen molar-refractivity contribution in [1.82, 2.24) is 0 Å². The zero-order chi connectivity index (χ0) is 20.8. The van der Waals surface area contributed by atoms with Gasteiger partial charge in [-0.3, -0.25) is 9.59 Å². The van der Waals surface area contributed by atoms with Gasteiger partial charge < -0.3 is 14.7 Å². The van der Waals surface area contributed by atoms with Crippen molar-refractivity contribution < 1.29 is 25.7 Å². The maximum Gasteiger partial charge on any atom is 0.306 e. The van der Waals surface area contributed by atoms with Crippen LogP contribution in [0, 0.1) is 0 Å². The lowest BCUT2D eigenvalue weighted by atomic mass is 9.89. The Hall–Kier alpha value is -0.940. The second-order valence-electron chi connectivity index (χ2n) is 8.61. The molecule has 0 heterocycles. The third-order valence-corrected chi connectivity index (χ3v) is 4.60. The van der Waals surface area contributed by atoms with E-state index >= 15 is 0 Å². The van der Waals surface area contributed by atoms with Gasteiger partial charge in [-0.15, -0.1) is 0 Å². The molecule has 0 radical (unpaired) electrons. The summed E-state index contributed by atoms with van der Waals surface area (Å²) in [5, 5.41) is 19.6. The Balaban J connectivity index is 3.91. The first kappa shape index (κ1) is 23.1. The molecule has 0 aliphatic rings. The molecule has 2 N–H and O–H groups in total. The topological polar surface area (TPSA) is 74.6 Å². The predicted octanol–water partition coefficient (Wildman–Crippen LogP) is 4.17. The molecule has 0 aromatic carbocycles. The molecule has 0 saturated carbocycles. The van der Waals surface area contributed by atoms with E-state index in [1.807, 2.05) is 21.1 Å². The Morgan fingerprint density at radius 3 is 1.77 bits per heavy atom. The van der Waals surface area contributed by atoms with Crippen LogP contribution in [0.5, 0.6) is 0 Å². The van der Waals surface area contributed by atoms with Crippen LogP contribution in [0.3, 0.4) is 0 Å². The summed E-state index contributed by atoms with van der Waals surface area (Å²) in [7, 11) is 5.53. The van der Waals surface area contributed by atoms with Gasteiger partial charge >= 0.3 is 5.97 Å². The number of hydrogen-bond donors (Lipinski definition) is 2. The van der Waals surface area contributed by atoms with Gasteiger partial charge in [0, 0.05) is 7.79 Å². The van der Waals surface area contributed by atoms with Gasteiger partial charge in [-0.2, -0.15) is 0 Å². The summed E-state index contributed by atoms with van der Waals surface area (Å²) < 4.78 is 7.44. The van der Waals surface area contributed by atoms with Crippen molar-refractivity contribution in [1.29, 1.82) is 0 Å². The van der Waals surface area contributed by atoms with Crippen molar-refractivity contribution in [2.24, 2.45) is 0 Å². The lowest BCUT2D eigenvalue weighted by Gasteiger charge is -2.33. The van der Waals surface area contributed by atoms with Crippen molar-refractivity contribution in [2.75, 3.05) is 27.7 Å². The molecule has 0 aliphatic carbocycles. The van der Waals surface area contributed by atoms with E-state index in [0.29, 0.717) is 17.8 Å². The number of carboxylic acid groups (broad SMARTS) is 1. The third-order valence-electron chi connectivity index (χ3n) is 4.60. The number of aliphatic carboxylic acids is 1. The third kappa shape index (κ3) is 13.3. The summed E-state index contributed by atoms with van der Waals surface area (Å²) in [5.74, 6) is -1.48. The van der Waals surface area contributed by atoms with Crippen molar-refractivity contribution >= 4 is 11.8 Å². The number of carbonyl (C=O) groups is 2. The van der Waals surface area contributed by atoms with Gasteiger partial charge in [-0.25, -0.2) is 0 Å². The highest BCUT2D eigenvalue weighted by atomic mass is 16.4. The number of likely N-dealkylation sites (N-methyl/N-ethyl adjacent to an activating group) is 1. The fraction of sp³-hybridized carbons (Fsp3) is 0.905. The second-order valence-corrected chi connectivity index (χ2v) is 8.61. The predicted molar refractivity (Wildman–Crippen MR) is 106 cm³/mol. The van der Waals surface area contributed by atoms with Crippen LogP contribution in [0.4, 0.5) is 0 Å². The first-order chi connectivity index (χ1) is 12.6. The van der Waals surface area contributed by atoms with Crippen molar-refractivity contribution in [3.63, 3.8) is 0 Å². The maximum atomic E-state index is 12.4. The summed E-state index contributed by atoms with van der Waals surface area (Å²) in [6.45, 7) is 0.658. The number of carbonyl (C=O) groups excluding carboxylic acids is 1. The zero-order valence-electron chi connectivity index (χ0n) is 18.3. The van der Waals surface area contributed by atoms with Gasteiger partial charge in [0.25, 0.3) is 0 Å². The zero-order valence-corrected chi connectivity index (χ0v) is 17.3. The van der Waals surface area contributed by atoms with Crippen LogP contribution in [0.2, 0.25) is 0 Å². The summed E-state index contributed by atoms with van der Waals surface area (Å²) >= 11 is 0. The highest BCUT2D eigenvalue weighted by molar-refractivity contribution is 5.90. The van der Waals surface area contributed by atoms with Crippen LogP contribution >= 0.6 is 0 Å². The standard InChI is InChI=1S/C21H41NO4/c1-5-6-7-8-9-10-11-12-13-14-15-16-19(23)21(26,17-20(24)25)18-22(2,3)4/h26H,5-18H2,1-4H3/p+1/t21-/m1/s1/i1D. The van der Waals surface area contributed by atoms with Crippen LogP contribution in [0.15, 0.2) is 0 Å². The average Bonchev–Trinajstić information content (AvgIpc) is 2.53. The molecule has 0 aromatic heterocycles. The van der Waals surface area contributed by atoms with Gasteiger partial charge in [-0.1, -0.05) is 71.1 Å². The molecule has 0 bridgehead atoms. The number of hydrogen-bond acceptors (Lipinski definition) is 3. The monoisotopic (exact) mass is 373 g/mol. The Kier molecular flexibility index (Phi) is 11.8. The van der Waals surface area contributed by atoms with Crippen molar-refractivity contribution in [3.8, 4) is 0 Å². The maximum absolute atomic E-state index is 12.4. The lowest BCUT2D eigenvalue weighted by Crippen LogP contribution is -2.54. The summed E-state index contributed by atoms with van der Waals surface area (Å²) in [6, 6.07) is 0. The van der Waals surface area contributed by atoms with E-state index in [9.17, 15) is 14.7 Å². The second kappa shape index (κ2) is 13.3. The summed E-state index contributed by atoms with van der Waals surface area (Å²) in [5.41, 5.74) is -1.77. The van der Waals surface area contributed by atoms with E-state index < -0.39 is 18.0 Å².